The molecule has 0 heterocycles. The topological polar surface area (TPSA) is 35.5 Å². The molecule has 0 radical (unpaired) electrons. The van der Waals surface area contributed by atoms with Gasteiger partial charge in [0.25, 0.3) is 0 Å². The number of hydrogen-bond acceptors (Lipinski definition) is 3. The number of benzene rings is 2. The van der Waals surface area contributed by atoms with Crippen molar-refractivity contribution in [3.63, 3.8) is 0 Å². The summed E-state index contributed by atoms with van der Waals surface area (Å²) in [6.45, 7) is 0. The normalized spacial score (nSPS) is 12.9. The SMILES string of the molecule is COc1ccc(C(=O)c2ccc3c(c2)CCC3)cc1OC. The van der Waals surface area contributed by atoms with Gasteiger partial charge in [-0.3, -0.25) is 4.79 Å². The molecule has 0 bridgehead atoms. The van der Waals surface area contributed by atoms with Crippen LogP contribution in [0.3, 0.4) is 0 Å². The van der Waals surface area contributed by atoms with Crippen molar-refractivity contribution in [3.05, 3.63) is 58.7 Å². The van der Waals surface area contributed by atoms with Crippen molar-refractivity contribution < 1.29 is 14.3 Å². The third-order valence-corrected chi connectivity index (χ3v) is 4.01. The number of fused-ring (bicyclic) bond motifs is 1. The molecule has 0 aliphatic heterocycles. The highest BCUT2D eigenvalue weighted by Crippen LogP contribution is 2.29. The smallest absolute Gasteiger partial charge is 0.193 e. The second-order valence-electron chi connectivity index (χ2n) is 5.24. The molecule has 0 spiro atoms. The first-order chi connectivity index (χ1) is 10.2. The van der Waals surface area contributed by atoms with Crippen LogP contribution in [0.25, 0.3) is 0 Å². The molecule has 3 nitrogen and oxygen atoms in total. The molecule has 3 heteroatoms. The van der Waals surface area contributed by atoms with E-state index < -0.39 is 0 Å². The molecule has 1 aliphatic carbocycles. The zero-order chi connectivity index (χ0) is 14.8. The Balaban J connectivity index is 1.95. The molecule has 0 saturated carbocycles. The van der Waals surface area contributed by atoms with Gasteiger partial charge in [0.1, 0.15) is 0 Å². The van der Waals surface area contributed by atoms with E-state index in [4.69, 9.17) is 9.47 Å². The number of aryl methyl sites for hydroxylation is 2. The first-order valence-corrected chi connectivity index (χ1v) is 7.11. The molecule has 1 aliphatic rings. The van der Waals surface area contributed by atoms with Crippen LogP contribution in [0.5, 0.6) is 11.5 Å². The Labute approximate surface area is 124 Å². The number of ketones is 1. The summed E-state index contributed by atoms with van der Waals surface area (Å²) in [4.78, 5) is 12.6. The van der Waals surface area contributed by atoms with Crippen LogP contribution in [-0.2, 0) is 12.8 Å². The molecule has 0 aromatic heterocycles. The van der Waals surface area contributed by atoms with E-state index in [9.17, 15) is 4.79 Å². The lowest BCUT2D eigenvalue weighted by Crippen LogP contribution is -2.03. The van der Waals surface area contributed by atoms with E-state index >= 15 is 0 Å². The second-order valence-corrected chi connectivity index (χ2v) is 5.24. The minimum atomic E-state index is 0.0191. The van der Waals surface area contributed by atoms with Crippen LogP contribution < -0.4 is 9.47 Å². The highest BCUT2D eigenvalue weighted by Gasteiger charge is 2.16. The minimum Gasteiger partial charge on any atom is -0.493 e. The van der Waals surface area contributed by atoms with E-state index in [-0.39, 0.29) is 5.78 Å². The van der Waals surface area contributed by atoms with Crippen molar-refractivity contribution in [1.29, 1.82) is 0 Å². The Morgan fingerprint density at radius 2 is 1.52 bits per heavy atom. The predicted molar refractivity (Wildman–Crippen MR) is 81.4 cm³/mol. The molecule has 0 atom stereocenters. The van der Waals surface area contributed by atoms with E-state index in [0.29, 0.717) is 17.1 Å². The third kappa shape index (κ3) is 2.51. The molecule has 2 aromatic carbocycles. The van der Waals surface area contributed by atoms with Crippen molar-refractivity contribution in [2.75, 3.05) is 14.2 Å². The second kappa shape index (κ2) is 5.60. The van der Waals surface area contributed by atoms with Crippen molar-refractivity contribution in [1.82, 2.24) is 0 Å². The maximum atomic E-state index is 12.6. The molecule has 0 fully saturated rings. The zero-order valence-corrected chi connectivity index (χ0v) is 12.3. The van der Waals surface area contributed by atoms with Crippen molar-refractivity contribution in [2.45, 2.75) is 19.3 Å². The summed E-state index contributed by atoms with van der Waals surface area (Å²) in [5.74, 6) is 1.22. The standard InChI is InChI=1S/C18H18O3/c1-20-16-9-8-15(11-17(16)21-2)18(19)14-7-6-12-4-3-5-13(12)10-14/h6-11H,3-5H2,1-2H3. The van der Waals surface area contributed by atoms with Gasteiger partial charge in [-0.1, -0.05) is 12.1 Å². The maximum Gasteiger partial charge on any atom is 0.193 e. The van der Waals surface area contributed by atoms with Gasteiger partial charge in [0.05, 0.1) is 14.2 Å². The zero-order valence-electron chi connectivity index (χ0n) is 12.3. The van der Waals surface area contributed by atoms with E-state index in [1.807, 2.05) is 12.1 Å². The van der Waals surface area contributed by atoms with Crippen molar-refractivity contribution >= 4 is 5.78 Å². The summed E-state index contributed by atoms with van der Waals surface area (Å²) < 4.78 is 10.5. The van der Waals surface area contributed by atoms with Crippen LogP contribution in [0, 0.1) is 0 Å². The number of carbonyl (C=O) groups excluding carboxylic acids is 1. The van der Waals surface area contributed by atoms with E-state index in [0.717, 1.165) is 18.4 Å². The van der Waals surface area contributed by atoms with Crippen LogP contribution in [0.2, 0.25) is 0 Å². The van der Waals surface area contributed by atoms with Crippen molar-refractivity contribution in [3.8, 4) is 11.5 Å². The highest BCUT2D eigenvalue weighted by molar-refractivity contribution is 6.09. The molecule has 0 saturated heterocycles. The molecular weight excluding hydrogens is 264 g/mol. The maximum absolute atomic E-state index is 12.6. The summed E-state index contributed by atoms with van der Waals surface area (Å²) >= 11 is 0. The quantitative estimate of drug-likeness (QED) is 0.806. The lowest BCUT2D eigenvalue weighted by atomic mass is 9.99. The van der Waals surface area contributed by atoms with Crippen LogP contribution in [0.4, 0.5) is 0 Å². The summed E-state index contributed by atoms with van der Waals surface area (Å²) in [6, 6.07) is 11.3. The highest BCUT2D eigenvalue weighted by atomic mass is 16.5. The Morgan fingerprint density at radius 3 is 2.29 bits per heavy atom. The van der Waals surface area contributed by atoms with Gasteiger partial charge in [-0.05, 0) is 54.7 Å². The van der Waals surface area contributed by atoms with Crippen molar-refractivity contribution in [2.24, 2.45) is 0 Å². The lowest BCUT2D eigenvalue weighted by Gasteiger charge is -2.09. The number of carbonyl (C=O) groups is 1. The fourth-order valence-electron chi connectivity index (χ4n) is 2.86. The van der Waals surface area contributed by atoms with Gasteiger partial charge in [-0.15, -0.1) is 0 Å². The third-order valence-electron chi connectivity index (χ3n) is 4.01. The van der Waals surface area contributed by atoms with Gasteiger partial charge in [-0.2, -0.15) is 0 Å². The van der Waals surface area contributed by atoms with Gasteiger partial charge in [0.15, 0.2) is 17.3 Å². The first-order valence-electron chi connectivity index (χ1n) is 7.11. The lowest BCUT2D eigenvalue weighted by molar-refractivity contribution is 0.103. The number of rotatable bonds is 4. The summed E-state index contributed by atoms with van der Waals surface area (Å²) in [6.07, 6.45) is 3.38. The van der Waals surface area contributed by atoms with Gasteiger partial charge in [0, 0.05) is 11.1 Å². The predicted octanol–water partition coefficient (Wildman–Crippen LogP) is 3.42. The average Bonchev–Trinajstić information content (AvgIpc) is 3.00. The fourth-order valence-corrected chi connectivity index (χ4v) is 2.86. The number of hydrogen-bond donors (Lipinski definition) is 0. The van der Waals surface area contributed by atoms with Crippen LogP contribution in [0.15, 0.2) is 36.4 Å². The minimum absolute atomic E-state index is 0.0191. The molecule has 3 rings (SSSR count). The van der Waals surface area contributed by atoms with Gasteiger partial charge >= 0.3 is 0 Å². The van der Waals surface area contributed by atoms with Gasteiger partial charge < -0.3 is 9.47 Å². The molecule has 0 N–H and O–H groups in total. The van der Waals surface area contributed by atoms with Crippen LogP contribution in [-0.4, -0.2) is 20.0 Å². The first kappa shape index (κ1) is 13.7. The van der Waals surface area contributed by atoms with Crippen LogP contribution >= 0.6 is 0 Å². The Kier molecular flexibility index (Phi) is 3.65. The molecule has 21 heavy (non-hydrogen) atoms. The van der Waals surface area contributed by atoms with E-state index in [2.05, 4.69) is 6.07 Å². The largest absolute Gasteiger partial charge is 0.493 e. The monoisotopic (exact) mass is 282 g/mol. The summed E-state index contributed by atoms with van der Waals surface area (Å²) in [7, 11) is 3.15. The Bertz CT molecular complexity index is 689. The Morgan fingerprint density at radius 1 is 0.857 bits per heavy atom. The van der Waals surface area contributed by atoms with Gasteiger partial charge in [-0.25, -0.2) is 0 Å². The van der Waals surface area contributed by atoms with E-state index in [1.54, 1.807) is 32.4 Å². The molecule has 108 valence electrons. The molecular formula is C18H18O3. The number of ether oxygens (including phenoxy) is 2. The fraction of sp³-hybridized carbons (Fsp3) is 0.278. The molecule has 0 unspecified atom stereocenters. The van der Waals surface area contributed by atoms with E-state index in [1.165, 1.54) is 17.5 Å². The number of methoxy groups -OCH3 is 2. The summed E-state index contributed by atoms with van der Waals surface area (Å²) in [5.41, 5.74) is 4.04. The summed E-state index contributed by atoms with van der Waals surface area (Å²) in [5, 5.41) is 0. The molecule has 0 amide bonds. The Hall–Kier alpha value is -2.29. The van der Waals surface area contributed by atoms with Crippen LogP contribution in [0.1, 0.15) is 33.5 Å². The average molecular weight is 282 g/mol. The van der Waals surface area contributed by atoms with Gasteiger partial charge in [0.2, 0.25) is 0 Å². The molecule has 2 aromatic rings.